The molecule has 0 saturated heterocycles. The SMILES string of the molecule is B.[Cl][Rh]([Cl])[Cl].[Na]. The molecule has 0 saturated carbocycles. The molecule has 0 fully saturated rings. The smallest absolute Gasteiger partial charge is 0 e. The van der Waals surface area contributed by atoms with Crippen molar-refractivity contribution in [2.45, 2.75) is 0 Å². The second-order valence-electron chi connectivity index (χ2n) is 0.143. The Morgan fingerprint density at radius 3 is 1.00 bits per heavy atom. The average Bonchev–Trinajstić information content (AvgIpc) is 0.811. The number of halogens is 3. The topological polar surface area (TPSA) is 0 Å². The maximum atomic E-state index is 4.94. The largest absolute Gasteiger partial charge is 0 e. The number of rotatable bonds is 0. The van der Waals surface area contributed by atoms with Crippen LogP contribution in [-0.4, -0.2) is 38.0 Å². The molecule has 0 aromatic heterocycles. The molecule has 0 heterocycles. The van der Waals surface area contributed by atoms with Gasteiger partial charge >= 0.3 is 42.1 Å². The maximum absolute atomic E-state index is 4.94. The molecule has 6 heteroatoms. The van der Waals surface area contributed by atoms with Crippen molar-refractivity contribution in [1.82, 2.24) is 0 Å². The summed E-state index contributed by atoms with van der Waals surface area (Å²) in [7, 11) is 14.8. The van der Waals surface area contributed by atoms with Crippen molar-refractivity contribution in [2.75, 3.05) is 0 Å². The Hall–Kier alpha value is 2.56. The first-order valence-electron chi connectivity index (χ1n) is 0.378. The Kier molecular flexibility index (Phi) is 27.8. The fourth-order valence-corrected chi connectivity index (χ4v) is 0. The van der Waals surface area contributed by atoms with E-state index < -0.39 is 13.0 Å². The molecular weight excluding hydrogens is 243 g/mol. The Morgan fingerprint density at radius 1 is 1.00 bits per heavy atom. The van der Waals surface area contributed by atoms with E-state index >= 15 is 0 Å². The van der Waals surface area contributed by atoms with Gasteiger partial charge in [-0.2, -0.15) is 0 Å². The van der Waals surface area contributed by atoms with Crippen molar-refractivity contribution in [1.29, 1.82) is 0 Å². The van der Waals surface area contributed by atoms with Gasteiger partial charge in [0.15, 0.2) is 0 Å². The van der Waals surface area contributed by atoms with Crippen LogP contribution in [0.1, 0.15) is 0 Å². The van der Waals surface area contributed by atoms with Gasteiger partial charge in [0.05, 0.1) is 8.41 Å². The van der Waals surface area contributed by atoms with Crippen LogP contribution >= 0.6 is 29.1 Å². The van der Waals surface area contributed by atoms with E-state index in [4.69, 9.17) is 29.1 Å². The molecule has 37 valence electrons. The molecule has 0 aliphatic rings. The van der Waals surface area contributed by atoms with Crippen LogP contribution in [0.15, 0.2) is 0 Å². The summed E-state index contributed by atoms with van der Waals surface area (Å²) in [5.41, 5.74) is 0. The zero-order chi connectivity index (χ0) is 3.58. The molecule has 0 aromatic rings. The molecule has 1 radical (unpaired) electrons. The standard InChI is InChI=1S/BH3.3ClH.Na.Rh/h1H3;3*1H;;/q;;;;;+3/p-3. The van der Waals surface area contributed by atoms with E-state index in [9.17, 15) is 0 Å². The van der Waals surface area contributed by atoms with E-state index in [1.165, 1.54) is 0 Å². The Bertz CT molecular complexity index is 15.5. The van der Waals surface area contributed by atoms with Crippen molar-refractivity contribution < 1.29 is 13.0 Å². The minimum Gasteiger partial charge on any atom is 0 e. The van der Waals surface area contributed by atoms with E-state index in [-0.39, 0.29) is 38.0 Å². The summed E-state index contributed by atoms with van der Waals surface area (Å²) < 4.78 is 0. The van der Waals surface area contributed by atoms with E-state index in [1.54, 1.807) is 0 Å². The summed E-state index contributed by atoms with van der Waals surface area (Å²) in [6.07, 6.45) is 0. The molecule has 0 amide bonds. The molecule has 0 atom stereocenters. The van der Waals surface area contributed by atoms with Crippen molar-refractivity contribution in [3.05, 3.63) is 0 Å². The molecule has 0 N–H and O–H groups in total. The van der Waals surface area contributed by atoms with Gasteiger partial charge in [0.2, 0.25) is 0 Å². The van der Waals surface area contributed by atoms with Gasteiger partial charge in [0, 0.05) is 29.6 Å². The van der Waals surface area contributed by atoms with E-state index in [0.29, 0.717) is 0 Å². The molecule has 0 bridgehead atoms. The molecule has 0 rings (SSSR count). The molecule has 6 heavy (non-hydrogen) atoms. The predicted molar refractivity (Wildman–Crippen MR) is 33.3 cm³/mol. The molecular formula is H3BCl3NaRh. The quantitative estimate of drug-likeness (QED) is 0.546. The summed E-state index contributed by atoms with van der Waals surface area (Å²) in [6.45, 7) is 0. The van der Waals surface area contributed by atoms with Crippen LogP contribution in [0, 0.1) is 0 Å². The molecule has 0 aliphatic heterocycles. The molecule has 0 spiro atoms. The zero-order valence-electron chi connectivity index (χ0n) is 2.47. The molecule has 0 aromatic carbocycles. The summed E-state index contributed by atoms with van der Waals surface area (Å²) in [4.78, 5) is 0. The summed E-state index contributed by atoms with van der Waals surface area (Å²) in [5.74, 6) is 0. The van der Waals surface area contributed by atoms with Crippen LogP contribution in [0.25, 0.3) is 0 Å². The normalized spacial score (nSPS) is 7.50. The molecule has 0 nitrogen and oxygen atoms in total. The van der Waals surface area contributed by atoms with E-state index in [0.717, 1.165) is 0 Å². The van der Waals surface area contributed by atoms with Crippen LogP contribution in [0.4, 0.5) is 0 Å². The Morgan fingerprint density at radius 2 is 1.00 bits per heavy atom. The van der Waals surface area contributed by atoms with E-state index in [1.807, 2.05) is 0 Å². The van der Waals surface area contributed by atoms with E-state index in [2.05, 4.69) is 0 Å². The second-order valence-corrected chi connectivity index (χ2v) is 7.61. The first-order valence-corrected chi connectivity index (χ1v) is 6.71. The van der Waals surface area contributed by atoms with Crippen LogP contribution < -0.4 is 0 Å². The third kappa shape index (κ3) is 31.0. The van der Waals surface area contributed by atoms with Crippen molar-refractivity contribution >= 4 is 67.0 Å². The first kappa shape index (κ1) is 15.8. The monoisotopic (exact) mass is 245 g/mol. The Balaban J connectivity index is -0.0000000450. The fraction of sp³-hybridized carbons (Fsp3) is 0. The van der Waals surface area contributed by atoms with Gasteiger partial charge in [-0.15, -0.1) is 0 Å². The summed E-state index contributed by atoms with van der Waals surface area (Å²) in [6, 6.07) is 0. The van der Waals surface area contributed by atoms with Crippen molar-refractivity contribution in [3.63, 3.8) is 0 Å². The Labute approximate surface area is 78.8 Å². The zero-order valence-corrected chi connectivity index (χ0v) is 8.37. The molecule has 0 aliphatic carbocycles. The maximum Gasteiger partial charge on any atom is 0 e. The number of hydrogen-bond donors (Lipinski definition) is 0. The fourth-order valence-electron chi connectivity index (χ4n) is 0. The third-order valence-electron chi connectivity index (χ3n) is 0. The summed E-state index contributed by atoms with van der Waals surface area (Å²) >= 11 is -1.66. The second kappa shape index (κ2) is 10.5. The van der Waals surface area contributed by atoms with Gasteiger partial charge in [-0.05, 0) is 0 Å². The van der Waals surface area contributed by atoms with Crippen LogP contribution in [0.2, 0.25) is 0 Å². The van der Waals surface area contributed by atoms with Crippen molar-refractivity contribution in [3.8, 4) is 0 Å². The third-order valence-corrected chi connectivity index (χ3v) is 0. The predicted octanol–water partition coefficient (Wildman–Crippen LogP) is 0.501. The van der Waals surface area contributed by atoms with Crippen LogP contribution in [0.5, 0.6) is 0 Å². The van der Waals surface area contributed by atoms with Gasteiger partial charge in [0.1, 0.15) is 0 Å². The number of hydrogen-bond acceptors (Lipinski definition) is 0. The van der Waals surface area contributed by atoms with Gasteiger partial charge in [-0.1, -0.05) is 0 Å². The van der Waals surface area contributed by atoms with Crippen LogP contribution in [0.3, 0.4) is 0 Å². The van der Waals surface area contributed by atoms with Crippen LogP contribution in [-0.2, 0) is 13.0 Å². The van der Waals surface area contributed by atoms with Crippen molar-refractivity contribution in [2.24, 2.45) is 0 Å². The van der Waals surface area contributed by atoms with Gasteiger partial charge < -0.3 is 0 Å². The average molecular weight is 246 g/mol. The van der Waals surface area contributed by atoms with Gasteiger partial charge in [-0.25, -0.2) is 0 Å². The molecule has 0 unspecified atom stereocenters. The minimum atomic E-state index is -1.66. The van der Waals surface area contributed by atoms with Gasteiger partial charge in [0.25, 0.3) is 0 Å². The summed E-state index contributed by atoms with van der Waals surface area (Å²) in [5, 5.41) is 0. The van der Waals surface area contributed by atoms with Gasteiger partial charge in [-0.3, -0.25) is 0 Å². The minimum absolute atomic E-state index is 0. The first-order chi connectivity index (χ1) is 1.73.